The number of hydrogen-bond acceptors (Lipinski definition) is 3. The van der Waals surface area contributed by atoms with Gasteiger partial charge in [0.15, 0.2) is 5.56 Å². The van der Waals surface area contributed by atoms with Gasteiger partial charge in [-0.25, -0.2) is 4.57 Å². The fourth-order valence-corrected chi connectivity index (χ4v) is 1.99. The second-order valence-electron chi connectivity index (χ2n) is 2.65. The molecule has 0 bridgehead atoms. The fraction of sp³-hybridized carbons (Fsp3) is 1.00. The molecule has 0 saturated carbocycles. The largest absolute Gasteiger partial charge is 0.473 e. The topological polar surface area (TPSA) is 55.8 Å². The van der Waals surface area contributed by atoms with E-state index in [9.17, 15) is 4.57 Å². The lowest BCUT2D eigenvalue weighted by Crippen LogP contribution is -2.16. The summed E-state index contributed by atoms with van der Waals surface area (Å²) in [5.74, 6) is 0.0950. The Kier molecular flexibility index (Phi) is 8.21. The molecule has 0 spiro atoms. The van der Waals surface area contributed by atoms with E-state index in [0.717, 1.165) is 0 Å². The molecule has 0 aromatic heterocycles. The SMILES string of the molecule is CC(Cl)C(Cl)OP(=O)(O)OCC(Cl)CCl. The Morgan fingerprint density at radius 3 is 2.33 bits per heavy atom. The molecule has 4 nitrogen and oxygen atoms in total. The Morgan fingerprint density at radius 2 is 1.93 bits per heavy atom. The molecule has 4 atom stereocenters. The molecule has 92 valence electrons. The van der Waals surface area contributed by atoms with Crippen LogP contribution in [-0.2, 0) is 13.6 Å². The van der Waals surface area contributed by atoms with Gasteiger partial charge in [0.2, 0.25) is 0 Å². The van der Waals surface area contributed by atoms with Crippen molar-refractivity contribution in [1.82, 2.24) is 0 Å². The van der Waals surface area contributed by atoms with Crippen LogP contribution in [0.2, 0.25) is 0 Å². The van der Waals surface area contributed by atoms with Gasteiger partial charge in [-0.1, -0.05) is 11.6 Å². The summed E-state index contributed by atoms with van der Waals surface area (Å²) in [6, 6.07) is 0. The lowest BCUT2D eigenvalue weighted by molar-refractivity contribution is 0.137. The Morgan fingerprint density at radius 1 is 1.40 bits per heavy atom. The van der Waals surface area contributed by atoms with Crippen LogP contribution in [0.15, 0.2) is 0 Å². The standard InChI is InChI=1S/C6H11Cl4O4P/c1-4(8)6(10)14-15(11,12)13-3-5(9)2-7/h4-6H,2-3H2,1H3,(H,11,12). The highest BCUT2D eigenvalue weighted by atomic mass is 35.5. The molecule has 0 aromatic carbocycles. The van der Waals surface area contributed by atoms with Crippen LogP contribution in [0.25, 0.3) is 0 Å². The third kappa shape index (κ3) is 8.06. The molecule has 0 aliphatic heterocycles. The summed E-state index contributed by atoms with van der Waals surface area (Å²) in [5, 5.41) is -1.20. The Labute approximate surface area is 108 Å². The molecule has 0 amide bonds. The van der Waals surface area contributed by atoms with Crippen LogP contribution in [0.1, 0.15) is 6.92 Å². The average molecular weight is 320 g/mol. The van der Waals surface area contributed by atoms with Crippen molar-refractivity contribution in [3.8, 4) is 0 Å². The number of halogens is 4. The van der Waals surface area contributed by atoms with Crippen LogP contribution < -0.4 is 0 Å². The van der Waals surface area contributed by atoms with Gasteiger partial charge in [0, 0.05) is 5.88 Å². The molecular weight excluding hydrogens is 309 g/mol. The molecule has 0 rings (SSSR count). The van der Waals surface area contributed by atoms with Crippen molar-refractivity contribution >= 4 is 54.2 Å². The Hall–Kier alpha value is 1.27. The predicted molar refractivity (Wildman–Crippen MR) is 62.2 cm³/mol. The maximum atomic E-state index is 11.2. The van der Waals surface area contributed by atoms with Gasteiger partial charge >= 0.3 is 7.82 Å². The molecule has 0 aliphatic rings. The van der Waals surface area contributed by atoms with E-state index in [-0.39, 0.29) is 12.5 Å². The second kappa shape index (κ2) is 7.57. The zero-order valence-corrected chi connectivity index (χ0v) is 11.7. The number of alkyl halides is 4. The maximum absolute atomic E-state index is 11.2. The van der Waals surface area contributed by atoms with Crippen LogP contribution in [0.3, 0.4) is 0 Å². The molecule has 0 radical (unpaired) electrons. The molecule has 1 N–H and O–H groups in total. The van der Waals surface area contributed by atoms with E-state index in [2.05, 4.69) is 9.05 Å². The molecule has 0 aromatic rings. The number of phosphoric ester groups is 1. The summed E-state index contributed by atoms with van der Waals surface area (Å²) >= 11 is 22.0. The van der Waals surface area contributed by atoms with Crippen molar-refractivity contribution < 1.29 is 18.5 Å². The van der Waals surface area contributed by atoms with Gasteiger partial charge in [-0.2, -0.15) is 0 Å². The number of phosphoric acid groups is 1. The predicted octanol–water partition coefficient (Wildman–Crippen LogP) is 3.16. The molecule has 0 heterocycles. The number of rotatable bonds is 7. The smallest absolute Gasteiger partial charge is 0.302 e. The van der Waals surface area contributed by atoms with E-state index in [1.165, 1.54) is 6.92 Å². The van der Waals surface area contributed by atoms with E-state index in [1.807, 2.05) is 0 Å². The van der Waals surface area contributed by atoms with E-state index < -0.39 is 24.1 Å². The molecule has 4 unspecified atom stereocenters. The molecular formula is C6H11Cl4O4P. The lowest BCUT2D eigenvalue weighted by atomic mass is 10.5. The quantitative estimate of drug-likeness (QED) is 0.578. The highest BCUT2D eigenvalue weighted by Crippen LogP contribution is 2.46. The minimum absolute atomic E-state index is 0.0950. The van der Waals surface area contributed by atoms with Crippen LogP contribution in [0.4, 0.5) is 0 Å². The summed E-state index contributed by atoms with van der Waals surface area (Å²) in [6.07, 6.45) is 0. The molecule has 0 saturated heterocycles. The highest BCUT2D eigenvalue weighted by molar-refractivity contribution is 7.47. The summed E-state index contributed by atoms with van der Waals surface area (Å²) in [6.45, 7) is 1.31. The molecule has 0 fully saturated rings. The van der Waals surface area contributed by atoms with E-state index in [4.69, 9.17) is 51.3 Å². The summed E-state index contributed by atoms with van der Waals surface area (Å²) in [4.78, 5) is 9.14. The van der Waals surface area contributed by atoms with Gasteiger partial charge in [-0.3, -0.25) is 9.05 Å². The van der Waals surface area contributed by atoms with Gasteiger partial charge in [-0.15, -0.1) is 34.8 Å². The van der Waals surface area contributed by atoms with Crippen LogP contribution >= 0.6 is 54.2 Å². The maximum Gasteiger partial charge on any atom is 0.473 e. The van der Waals surface area contributed by atoms with Crippen molar-refractivity contribution in [3.05, 3.63) is 0 Å². The van der Waals surface area contributed by atoms with E-state index in [0.29, 0.717) is 0 Å². The average Bonchev–Trinajstić information content (AvgIpc) is 2.13. The summed E-state index contributed by atoms with van der Waals surface area (Å²) in [5.41, 5.74) is -1.12. The summed E-state index contributed by atoms with van der Waals surface area (Å²) < 4.78 is 20.3. The van der Waals surface area contributed by atoms with Gasteiger partial charge < -0.3 is 4.89 Å². The van der Waals surface area contributed by atoms with Crippen LogP contribution in [0, 0.1) is 0 Å². The van der Waals surface area contributed by atoms with E-state index in [1.54, 1.807) is 0 Å². The Balaban J connectivity index is 4.02. The van der Waals surface area contributed by atoms with Gasteiger partial charge in [0.1, 0.15) is 0 Å². The molecule has 9 heteroatoms. The third-order valence-corrected chi connectivity index (χ3v) is 3.91. The van der Waals surface area contributed by atoms with Crippen molar-refractivity contribution in [2.45, 2.75) is 23.2 Å². The first kappa shape index (κ1) is 16.3. The molecule has 15 heavy (non-hydrogen) atoms. The monoisotopic (exact) mass is 318 g/mol. The first-order chi connectivity index (χ1) is 6.78. The van der Waals surface area contributed by atoms with Gasteiger partial charge in [0.05, 0.1) is 17.4 Å². The van der Waals surface area contributed by atoms with Crippen molar-refractivity contribution in [3.63, 3.8) is 0 Å². The van der Waals surface area contributed by atoms with Crippen molar-refractivity contribution in [2.75, 3.05) is 12.5 Å². The first-order valence-electron chi connectivity index (χ1n) is 3.92. The first-order valence-corrected chi connectivity index (χ1v) is 7.26. The minimum Gasteiger partial charge on any atom is -0.302 e. The lowest BCUT2D eigenvalue weighted by Gasteiger charge is -2.18. The van der Waals surface area contributed by atoms with Gasteiger partial charge in [0.25, 0.3) is 0 Å². The molecule has 0 aliphatic carbocycles. The fourth-order valence-electron chi connectivity index (χ4n) is 0.461. The van der Waals surface area contributed by atoms with Crippen molar-refractivity contribution in [1.29, 1.82) is 0 Å². The Bertz CT molecular complexity index is 227. The van der Waals surface area contributed by atoms with Gasteiger partial charge in [-0.05, 0) is 6.92 Å². The zero-order chi connectivity index (χ0) is 12.1. The normalized spacial score (nSPS) is 21.7. The summed E-state index contributed by atoms with van der Waals surface area (Å²) in [7, 11) is -4.23. The van der Waals surface area contributed by atoms with Crippen LogP contribution in [-0.4, -0.2) is 33.7 Å². The second-order valence-corrected chi connectivity index (χ2v) is 6.10. The number of hydrogen-bond donors (Lipinski definition) is 1. The van der Waals surface area contributed by atoms with Crippen molar-refractivity contribution in [2.24, 2.45) is 0 Å². The minimum atomic E-state index is -4.23. The zero-order valence-electron chi connectivity index (χ0n) is 7.78. The van der Waals surface area contributed by atoms with Crippen LogP contribution in [0.5, 0.6) is 0 Å². The third-order valence-electron chi connectivity index (χ3n) is 1.18. The highest BCUT2D eigenvalue weighted by Gasteiger charge is 2.28. The van der Waals surface area contributed by atoms with E-state index >= 15 is 0 Å².